The van der Waals surface area contributed by atoms with Gasteiger partial charge in [0.15, 0.2) is 0 Å². The highest BCUT2D eigenvalue weighted by atomic mass is 16.3. The first kappa shape index (κ1) is 9.26. The molecule has 0 aromatic carbocycles. The fourth-order valence-corrected chi connectivity index (χ4v) is 3.60. The minimum Gasteiger partial charge on any atom is -0.392 e. The molecule has 1 fully saturated rings. The number of fused-ring (bicyclic) bond motifs is 2. The molecule has 0 aromatic rings. The Hall–Kier alpha value is -0.300. The van der Waals surface area contributed by atoms with Crippen LogP contribution in [0.25, 0.3) is 0 Å². The molecule has 3 rings (SSSR count). The summed E-state index contributed by atoms with van der Waals surface area (Å²) in [6, 6.07) is 0. The maximum atomic E-state index is 9.96. The van der Waals surface area contributed by atoms with Gasteiger partial charge in [0.05, 0.1) is 6.10 Å². The summed E-state index contributed by atoms with van der Waals surface area (Å²) in [5.41, 5.74) is 1.92. The molecule has 74 valence electrons. The summed E-state index contributed by atoms with van der Waals surface area (Å²) in [7, 11) is 0. The van der Waals surface area contributed by atoms with E-state index in [0.717, 1.165) is 12.8 Å². The molecule has 0 saturated heterocycles. The Morgan fingerprint density at radius 3 is 2.46 bits per heavy atom. The van der Waals surface area contributed by atoms with Gasteiger partial charge in [-0.25, -0.2) is 0 Å². The fourth-order valence-electron chi connectivity index (χ4n) is 3.60. The predicted molar refractivity (Wildman–Crippen MR) is 54.4 cm³/mol. The molecule has 2 bridgehead atoms. The van der Waals surface area contributed by atoms with E-state index in [4.69, 9.17) is 0 Å². The number of rotatable bonds is 0. The molecule has 1 N–H and O–H groups in total. The van der Waals surface area contributed by atoms with Crippen molar-refractivity contribution in [2.45, 2.75) is 46.6 Å². The zero-order chi connectivity index (χ0) is 9.85. The zero-order valence-corrected chi connectivity index (χ0v) is 9.09. The third-order valence-electron chi connectivity index (χ3n) is 4.11. The third kappa shape index (κ3) is 1.17. The van der Waals surface area contributed by atoms with Crippen molar-refractivity contribution in [3.05, 3.63) is 11.6 Å². The molecule has 0 unspecified atom stereocenters. The number of allylic oxidation sites excluding steroid dienone is 1. The minimum absolute atomic E-state index is 0.0440. The Morgan fingerprint density at radius 2 is 2.00 bits per heavy atom. The van der Waals surface area contributed by atoms with Gasteiger partial charge in [0.2, 0.25) is 0 Å². The highest BCUT2D eigenvalue weighted by Gasteiger charge is 2.51. The van der Waals surface area contributed by atoms with Gasteiger partial charge in [0.25, 0.3) is 0 Å². The van der Waals surface area contributed by atoms with Crippen LogP contribution in [0.1, 0.15) is 40.5 Å². The predicted octanol–water partition coefficient (Wildman–Crippen LogP) is 2.75. The van der Waals surface area contributed by atoms with Crippen LogP contribution in [0.3, 0.4) is 0 Å². The average Bonchev–Trinajstić information content (AvgIpc) is 1.92. The van der Waals surface area contributed by atoms with E-state index >= 15 is 0 Å². The monoisotopic (exact) mass is 180 g/mol. The van der Waals surface area contributed by atoms with Crippen LogP contribution in [0.4, 0.5) is 0 Å². The number of hydrogen-bond acceptors (Lipinski definition) is 1. The van der Waals surface area contributed by atoms with E-state index in [1.54, 1.807) is 0 Å². The summed E-state index contributed by atoms with van der Waals surface area (Å²) in [6.07, 6.45) is 4.28. The van der Waals surface area contributed by atoms with E-state index in [2.05, 4.69) is 33.8 Å². The quantitative estimate of drug-likeness (QED) is 0.568. The molecular formula is C12H20O. The van der Waals surface area contributed by atoms with E-state index in [0.29, 0.717) is 11.3 Å². The second kappa shape index (κ2) is 2.38. The van der Waals surface area contributed by atoms with Crippen molar-refractivity contribution in [2.24, 2.45) is 16.7 Å². The second-order valence-corrected chi connectivity index (χ2v) is 5.86. The first-order valence-electron chi connectivity index (χ1n) is 5.23. The third-order valence-corrected chi connectivity index (χ3v) is 4.11. The van der Waals surface area contributed by atoms with Gasteiger partial charge in [0.1, 0.15) is 0 Å². The Labute approximate surface area is 80.8 Å². The van der Waals surface area contributed by atoms with Gasteiger partial charge < -0.3 is 5.11 Å². The summed E-state index contributed by atoms with van der Waals surface area (Å²) >= 11 is 0. The van der Waals surface area contributed by atoms with Gasteiger partial charge in [-0.2, -0.15) is 0 Å². The lowest BCUT2D eigenvalue weighted by Crippen LogP contribution is -2.50. The van der Waals surface area contributed by atoms with E-state index in [-0.39, 0.29) is 11.5 Å². The average molecular weight is 180 g/mol. The van der Waals surface area contributed by atoms with Crippen LogP contribution in [0.5, 0.6) is 0 Å². The lowest BCUT2D eigenvalue weighted by Gasteiger charge is -2.54. The SMILES string of the molecule is CC1=C[C@]2(C)CC(C)(C)[C@H]1C[C@@H]2O. The number of aliphatic hydroxyl groups excluding tert-OH is 1. The van der Waals surface area contributed by atoms with Gasteiger partial charge >= 0.3 is 0 Å². The molecular weight excluding hydrogens is 160 g/mol. The molecule has 3 aliphatic rings. The number of hydrogen-bond donors (Lipinski definition) is 1. The molecule has 1 nitrogen and oxygen atoms in total. The second-order valence-electron chi connectivity index (χ2n) is 5.86. The van der Waals surface area contributed by atoms with Gasteiger partial charge in [-0.3, -0.25) is 0 Å². The standard InChI is InChI=1S/C12H20O/c1-8-6-12(4)7-11(2,3)9(8)5-10(12)13/h6,9-10,13H,5,7H2,1-4H3/t9-,10-,12+/m0/s1. The van der Waals surface area contributed by atoms with Crippen LogP contribution in [-0.4, -0.2) is 11.2 Å². The highest BCUT2D eigenvalue weighted by molar-refractivity contribution is 5.24. The van der Waals surface area contributed by atoms with Crippen molar-refractivity contribution in [1.82, 2.24) is 0 Å². The van der Waals surface area contributed by atoms with Gasteiger partial charge in [0, 0.05) is 5.41 Å². The summed E-state index contributed by atoms with van der Waals surface area (Å²) in [4.78, 5) is 0. The van der Waals surface area contributed by atoms with Crippen LogP contribution >= 0.6 is 0 Å². The van der Waals surface area contributed by atoms with Crippen molar-refractivity contribution in [1.29, 1.82) is 0 Å². The van der Waals surface area contributed by atoms with Crippen molar-refractivity contribution < 1.29 is 5.11 Å². The molecule has 0 aliphatic heterocycles. The first-order chi connectivity index (χ1) is 5.85. The van der Waals surface area contributed by atoms with Crippen molar-refractivity contribution in [2.75, 3.05) is 0 Å². The Kier molecular flexibility index (Phi) is 1.70. The molecule has 0 spiro atoms. The lowest BCUT2D eigenvalue weighted by molar-refractivity contribution is -0.0554. The molecule has 0 amide bonds. The Morgan fingerprint density at radius 1 is 1.38 bits per heavy atom. The Balaban J connectivity index is 2.45. The lowest BCUT2D eigenvalue weighted by atomic mass is 9.52. The molecule has 1 heteroatoms. The largest absolute Gasteiger partial charge is 0.392 e. The minimum atomic E-state index is -0.116. The van der Waals surface area contributed by atoms with E-state index in [1.807, 2.05) is 0 Å². The van der Waals surface area contributed by atoms with Crippen molar-refractivity contribution >= 4 is 0 Å². The molecule has 0 aromatic heterocycles. The smallest absolute Gasteiger partial charge is 0.0634 e. The van der Waals surface area contributed by atoms with E-state index in [9.17, 15) is 5.11 Å². The molecule has 0 heterocycles. The summed E-state index contributed by atoms with van der Waals surface area (Å²) in [5, 5.41) is 9.96. The van der Waals surface area contributed by atoms with Crippen LogP contribution < -0.4 is 0 Å². The van der Waals surface area contributed by atoms with Crippen LogP contribution in [0, 0.1) is 16.7 Å². The fraction of sp³-hybridized carbons (Fsp3) is 0.833. The van der Waals surface area contributed by atoms with Crippen LogP contribution in [0.2, 0.25) is 0 Å². The maximum Gasteiger partial charge on any atom is 0.0634 e. The normalized spacial score (nSPS) is 47.6. The molecule has 1 saturated carbocycles. The highest BCUT2D eigenvalue weighted by Crippen LogP contribution is 2.57. The first-order valence-corrected chi connectivity index (χ1v) is 5.23. The zero-order valence-electron chi connectivity index (χ0n) is 9.09. The molecule has 0 radical (unpaired) electrons. The van der Waals surface area contributed by atoms with Crippen molar-refractivity contribution in [3.63, 3.8) is 0 Å². The number of aliphatic hydroxyl groups is 1. The van der Waals surface area contributed by atoms with Crippen LogP contribution in [0.15, 0.2) is 11.6 Å². The van der Waals surface area contributed by atoms with Gasteiger partial charge in [-0.1, -0.05) is 32.4 Å². The molecule has 3 atom stereocenters. The van der Waals surface area contributed by atoms with Gasteiger partial charge in [-0.05, 0) is 31.1 Å². The maximum absolute atomic E-state index is 9.96. The van der Waals surface area contributed by atoms with E-state index in [1.165, 1.54) is 5.57 Å². The summed E-state index contributed by atoms with van der Waals surface area (Å²) in [5.74, 6) is 0.601. The molecule has 3 aliphatic carbocycles. The molecule has 13 heavy (non-hydrogen) atoms. The van der Waals surface area contributed by atoms with Crippen molar-refractivity contribution in [3.8, 4) is 0 Å². The topological polar surface area (TPSA) is 20.2 Å². The summed E-state index contributed by atoms with van der Waals surface area (Å²) in [6.45, 7) is 9.07. The van der Waals surface area contributed by atoms with E-state index < -0.39 is 0 Å². The van der Waals surface area contributed by atoms with Crippen LogP contribution in [-0.2, 0) is 0 Å². The van der Waals surface area contributed by atoms with Gasteiger partial charge in [-0.15, -0.1) is 0 Å². The Bertz CT molecular complexity index is 264. The summed E-state index contributed by atoms with van der Waals surface area (Å²) < 4.78 is 0.